The Kier molecular flexibility index (Phi) is 7.88. The zero-order valence-corrected chi connectivity index (χ0v) is 18.0. The second kappa shape index (κ2) is 10.1. The third-order valence-electron chi connectivity index (χ3n) is 5.15. The lowest BCUT2D eigenvalue weighted by molar-refractivity contribution is 0.0773. The third kappa shape index (κ3) is 5.26. The first-order valence-corrected chi connectivity index (χ1v) is 9.88. The van der Waals surface area contributed by atoms with Gasteiger partial charge in [0, 0.05) is 48.7 Å². The van der Waals surface area contributed by atoms with E-state index >= 15 is 0 Å². The Balaban J connectivity index is 2.45. The number of ether oxygens (including phenoxy) is 1. The number of likely N-dealkylation sites (N-methyl/N-ethyl adjacent to an activating group) is 1. The van der Waals surface area contributed by atoms with E-state index in [4.69, 9.17) is 4.74 Å². The Bertz CT molecular complexity index is 772. The van der Waals surface area contributed by atoms with E-state index in [1.54, 1.807) is 7.11 Å². The van der Waals surface area contributed by atoms with Gasteiger partial charge in [-0.15, -0.1) is 0 Å². The quantitative estimate of drug-likeness (QED) is 0.648. The standard InChI is InChI=1S/C23H33N3O2/c1-7-25(8-2)23(27)19-11-9-12-20(15-19)26(17-18(3)24(4)5)21-13-10-14-22(16-21)28-6/h9-16,18H,7-8,17H2,1-6H3. The Morgan fingerprint density at radius 2 is 1.61 bits per heavy atom. The molecule has 0 heterocycles. The van der Waals surface area contributed by atoms with E-state index in [0.717, 1.165) is 23.7 Å². The Morgan fingerprint density at radius 1 is 1.00 bits per heavy atom. The molecule has 28 heavy (non-hydrogen) atoms. The molecule has 0 aromatic heterocycles. The van der Waals surface area contributed by atoms with Crippen molar-refractivity contribution in [3.05, 3.63) is 54.1 Å². The number of benzene rings is 2. The van der Waals surface area contributed by atoms with Crippen LogP contribution >= 0.6 is 0 Å². The Hall–Kier alpha value is -2.53. The molecule has 2 aromatic carbocycles. The summed E-state index contributed by atoms with van der Waals surface area (Å²) in [6, 6.07) is 16.3. The number of anilines is 2. The fourth-order valence-electron chi connectivity index (χ4n) is 3.07. The lowest BCUT2D eigenvalue weighted by Crippen LogP contribution is -2.36. The maximum atomic E-state index is 12.8. The topological polar surface area (TPSA) is 36.0 Å². The van der Waals surface area contributed by atoms with Gasteiger partial charge in [-0.05, 0) is 65.2 Å². The number of nitrogens with zero attached hydrogens (tertiary/aromatic N) is 3. The normalized spacial score (nSPS) is 12.0. The van der Waals surface area contributed by atoms with Crippen molar-refractivity contribution in [3.8, 4) is 5.75 Å². The van der Waals surface area contributed by atoms with Gasteiger partial charge in [-0.1, -0.05) is 12.1 Å². The number of hydrogen-bond donors (Lipinski definition) is 0. The zero-order valence-electron chi connectivity index (χ0n) is 18.0. The molecular formula is C23H33N3O2. The molecule has 2 rings (SSSR count). The molecule has 5 heteroatoms. The minimum absolute atomic E-state index is 0.0677. The van der Waals surface area contributed by atoms with Gasteiger partial charge in [-0.2, -0.15) is 0 Å². The van der Waals surface area contributed by atoms with E-state index in [-0.39, 0.29) is 5.91 Å². The van der Waals surface area contributed by atoms with Crippen molar-refractivity contribution in [2.45, 2.75) is 26.8 Å². The molecule has 1 unspecified atom stereocenters. The number of rotatable bonds is 9. The van der Waals surface area contributed by atoms with E-state index in [2.05, 4.69) is 43.0 Å². The molecule has 5 nitrogen and oxygen atoms in total. The van der Waals surface area contributed by atoms with Crippen LogP contribution in [0.1, 0.15) is 31.1 Å². The minimum Gasteiger partial charge on any atom is -0.497 e. The Morgan fingerprint density at radius 3 is 2.18 bits per heavy atom. The molecule has 0 N–H and O–H groups in total. The average Bonchev–Trinajstić information content (AvgIpc) is 2.72. The fourth-order valence-corrected chi connectivity index (χ4v) is 3.07. The monoisotopic (exact) mass is 383 g/mol. The molecular weight excluding hydrogens is 350 g/mol. The van der Waals surface area contributed by atoms with Gasteiger partial charge >= 0.3 is 0 Å². The molecule has 0 aliphatic carbocycles. The minimum atomic E-state index is 0.0677. The van der Waals surface area contributed by atoms with E-state index in [9.17, 15) is 4.79 Å². The lowest BCUT2D eigenvalue weighted by atomic mass is 10.1. The third-order valence-corrected chi connectivity index (χ3v) is 5.15. The maximum absolute atomic E-state index is 12.8. The van der Waals surface area contributed by atoms with Crippen LogP contribution in [0.3, 0.4) is 0 Å². The molecule has 0 saturated carbocycles. The highest BCUT2D eigenvalue weighted by Crippen LogP contribution is 2.30. The van der Waals surface area contributed by atoms with Gasteiger partial charge in [0.05, 0.1) is 7.11 Å². The molecule has 0 spiro atoms. The first kappa shape index (κ1) is 21.8. The van der Waals surface area contributed by atoms with Crippen molar-refractivity contribution < 1.29 is 9.53 Å². The summed E-state index contributed by atoms with van der Waals surface area (Å²) in [5.41, 5.74) is 2.76. The smallest absolute Gasteiger partial charge is 0.253 e. The number of amides is 1. The van der Waals surface area contributed by atoms with Crippen LogP contribution in [0.5, 0.6) is 5.75 Å². The number of methoxy groups -OCH3 is 1. The van der Waals surface area contributed by atoms with Crippen molar-refractivity contribution in [1.29, 1.82) is 0 Å². The van der Waals surface area contributed by atoms with Gasteiger partial charge in [-0.25, -0.2) is 0 Å². The van der Waals surface area contributed by atoms with Crippen LogP contribution in [-0.4, -0.2) is 62.6 Å². The van der Waals surface area contributed by atoms with Crippen LogP contribution < -0.4 is 9.64 Å². The molecule has 0 aliphatic rings. The number of carbonyl (C=O) groups excluding carboxylic acids is 1. The second-order valence-corrected chi connectivity index (χ2v) is 7.15. The number of carbonyl (C=O) groups is 1. The summed E-state index contributed by atoms with van der Waals surface area (Å²) in [5.74, 6) is 0.883. The van der Waals surface area contributed by atoms with Crippen LogP contribution in [-0.2, 0) is 0 Å². The van der Waals surface area contributed by atoms with Gasteiger partial charge in [0.1, 0.15) is 5.75 Å². The summed E-state index contributed by atoms with van der Waals surface area (Å²) >= 11 is 0. The zero-order chi connectivity index (χ0) is 20.7. The molecule has 0 aliphatic heterocycles. The fraction of sp³-hybridized carbons (Fsp3) is 0.435. The van der Waals surface area contributed by atoms with Crippen molar-refractivity contribution in [2.24, 2.45) is 0 Å². The SMILES string of the molecule is CCN(CC)C(=O)c1cccc(N(CC(C)N(C)C)c2cccc(OC)c2)c1. The largest absolute Gasteiger partial charge is 0.497 e. The van der Waals surface area contributed by atoms with Crippen molar-refractivity contribution in [1.82, 2.24) is 9.80 Å². The van der Waals surface area contributed by atoms with Crippen LogP contribution in [0.25, 0.3) is 0 Å². The molecule has 1 amide bonds. The maximum Gasteiger partial charge on any atom is 0.253 e. The van der Waals surface area contributed by atoms with E-state index in [1.165, 1.54) is 0 Å². The summed E-state index contributed by atoms with van der Waals surface area (Å²) < 4.78 is 5.42. The first-order valence-electron chi connectivity index (χ1n) is 9.88. The highest BCUT2D eigenvalue weighted by molar-refractivity contribution is 5.95. The molecule has 152 valence electrons. The van der Waals surface area contributed by atoms with E-state index < -0.39 is 0 Å². The molecule has 0 fully saturated rings. The molecule has 0 saturated heterocycles. The van der Waals surface area contributed by atoms with E-state index in [0.29, 0.717) is 24.7 Å². The van der Waals surface area contributed by atoms with Gasteiger partial charge in [0.25, 0.3) is 5.91 Å². The predicted octanol–water partition coefficient (Wildman–Crippen LogP) is 4.27. The van der Waals surface area contributed by atoms with Gasteiger partial charge in [-0.3, -0.25) is 4.79 Å². The molecule has 0 radical (unpaired) electrons. The first-order chi connectivity index (χ1) is 13.4. The van der Waals surface area contributed by atoms with Crippen LogP contribution in [0, 0.1) is 0 Å². The second-order valence-electron chi connectivity index (χ2n) is 7.15. The summed E-state index contributed by atoms with van der Waals surface area (Å²) in [7, 11) is 5.83. The van der Waals surface area contributed by atoms with Crippen LogP contribution in [0.15, 0.2) is 48.5 Å². The van der Waals surface area contributed by atoms with Crippen molar-refractivity contribution in [3.63, 3.8) is 0 Å². The van der Waals surface area contributed by atoms with Crippen molar-refractivity contribution >= 4 is 17.3 Å². The molecule has 0 bridgehead atoms. The van der Waals surface area contributed by atoms with Crippen molar-refractivity contribution in [2.75, 3.05) is 45.7 Å². The lowest BCUT2D eigenvalue weighted by Gasteiger charge is -2.31. The summed E-state index contributed by atoms with van der Waals surface area (Å²) in [6.07, 6.45) is 0. The van der Waals surface area contributed by atoms with Gasteiger partial charge in [0.15, 0.2) is 0 Å². The van der Waals surface area contributed by atoms with Gasteiger partial charge < -0.3 is 19.4 Å². The summed E-state index contributed by atoms with van der Waals surface area (Å²) in [4.78, 5) is 19.1. The van der Waals surface area contributed by atoms with Crippen LogP contribution in [0.2, 0.25) is 0 Å². The highest BCUT2D eigenvalue weighted by atomic mass is 16.5. The predicted molar refractivity (Wildman–Crippen MR) is 117 cm³/mol. The van der Waals surface area contributed by atoms with Gasteiger partial charge in [0.2, 0.25) is 0 Å². The van der Waals surface area contributed by atoms with Crippen LogP contribution in [0.4, 0.5) is 11.4 Å². The number of hydrogen-bond acceptors (Lipinski definition) is 4. The summed E-state index contributed by atoms with van der Waals surface area (Å²) in [6.45, 7) is 8.41. The summed E-state index contributed by atoms with van der Waals surface area (Å²) in [5, 5.41) is 0. The Labute approximate surface area is 169 Å². The van der Waals surface area contributed by atoms with E-state index in [1.807, 2.05) is 55.1 Å². The highest BCUT2D eigenvalue weighted by Gasteiger charge is 2.18. The average molecular weight is 384 g/mol. The molecule has 1 atom stereocenters. The molecule has 2 aromatic rings.